The van der Waals surface area contributed by atoms with Gasteiger partial charge in [0.25, 0.3) is 0 Å². The zero-order chi connectivity index (χ0) is 14.5. The minimum atomic E-state index is -2.84. The second-order valence-electron chi connectivity index (χ2n) is 4.91. The van der Waals surface area contributed by atoms with Gasteiger partial charge < -0.3 is 14.8 Å². The third-order valence-electron chi connectivity index (χ3n) is 3.30. The summed E-state index contributed by atoms with van der Waals surface area (Å²) in [6, 6.07) is 4.98. The summed E-state index contributed by atoms with van der Waals surface area (Å²) in [5.41, 5.74) is 0.636. The van der Waals surface area contributed by atoms with Crippen LogP contribution in [0.5, 0.6) is 5.75 Å². The number of ether oxygens (including phenoxy) is 2. The monoisotopic (exact) mass is 305 g/mol. The van der Waals surface area contributed by atoms with Crippen molar-refractivity contribution in [2.75, 3.05) is 6.61 Å². The molecular weight excluding hydrogens is 288 g/mol. The first-order chi connectivity index (χ1) is 9.54. The van der Waals surface area contributed by atoms with E-state index in [0.717, 1.165) is 19.4 Å². The predicted molar refractivity (Wildman–Crippen MR) is 73.4 cm³/mol. The van der Waals surface area contributed by atoms with E-state index in [4.69, 9.17) is 16.3 Å². The van der Waals surface area contributed by atoms with E-state index >= 15 is 0 Å². The largest absolute Gasteiger partial charge is 0.434 e. The van der Waals surface area contributed by atoms with Crippen LogP contribution in [-0.4, -0.2) is 25.4 Å². The molecule has 1 aromatic rings. The Morgan fingerprint density at radius 2 is 2.30 bits per heavy atom. The van der Waals surface area contributed by atoms with Gasteiger partial charge in [0, 0.05) is 29.8 Å². The van der Waals surface area contributed by atoms with Crippen molar-refractivity contribution >= 4 is 11.6 Å². The van der Waals surface area contributed by atoms with E-state index in [0.29, 0.717) is 23.2 Å². The minimum absolute atomic E-state index is 0.164. The Morgan fingerprint density at radius 3 is 3.00 bits per heavy atom. The Morgan fingerprint density at radius 1 is 1.50 bits per heavy atom. The number of nitrogens with one attached hydrogen (secondary N) is 1. The van der Waals surface area contributed by atoms with E-state index in [2.05, 4.69) is 10.1 Å². The van der Waals surface area contributed by atoms with Crippen molar-refractivity contribution in [3.63, 3.8) is 0 Å². The Kier molecular flexibility index (Phi) is 5.57. The molecule has 20 heavy (non-hydrogen) atoms. The molecule has 1 heterocycles. The van der Waals surface area contributed by atoms with Crippen LogP contribution in [0, 0.1) is 0 Å². The maximum absolute atomic E-state index is 12.4. The van der Waals surface area contributed by atoms with Crippen LogP contribution in [-0.2, 0) is 11.3 Å². The number of rotatable bonds is 5. The molecule has 0 radical (unpaired) electrons. The van der Waals surface area contributed by atoms with E-state index < -0.39 is 6.61 Å². The van der Waals surface area contributed by atoms with Gasteiger partial charge in [-0.25, -0.2) is 0 Å². The highest BCUT2D eigenvalue weighted by Gasteiger charge is 2.19. The van der Waals surface area contributed by atoms with Crippen molar-refractivity contribution in [3.05, 3.63) is 28.8 Å². The maximum Gasteiger partial charge on any atom is 0.387 e. The highest BCUT2D eigenvalue weighted by atomic mass is 35.5. The first kappa shape index (κ1) is 15.5. The fraction of sp³-hybridized carbons (Fsp3) is 0.571. The van der Waals surface area contributed by atoms with Gasteiger partial charge in [0.15, 0.2) is 0 Å². The van der Waals surface area contributed by atoms with Gasteiger partial charge in [0.05, 0.1) is 6.10 Å². The molecule has 3 nitrogen and oxygen atoms in total. The van der Waals surface area contributed by atoms with Crippen molar-refractivity contribution in [1.82, 2.24) is 5.32 Å². The van der Waals surface area contributed by atoms with Crippen molar-refractivity contribution in [3.8, 4) is 5.75 Å². The predicted octanol–water partition coefficient (Wildman–Crippen LogP) is 3.60. The van der Waals surface area contributed by atoms with E-state index in [1.165, 1.54) is 6.07 Å². The van der Waals surface area contributed by atoms with Crippen LogP contribution in [0.1, 0.15) is 25.3 Å². The smallest absolute Gasteiger partial charge is 0.387 e. The molecule has 0 aromatic heterocycles. The zero-order valence-electron chi connectivity index (χ0n) is 11.2. The summed E-state index contributed by atoms with van der Waals surface area (Å²) in [5, 5.41) is 3.85. The topological polar surface area (TPSA) is 30.5 Å². The van der Waals surface area contributed by atoms with Gasteiger partial charge >= 0.3 is 6.61 Å². The number of hydrogen-bond donors (Lipinski definition) is 1. The summed E-state index contributed by atoms with van der Waals surface area (Å²) in [4.78, 5) is 0. The third-order valence-corrected chi connectivity index (χ3v) is 3.54. The van der Waals surface area contributed by atoms with Crippen LogP contribution in [0.2, 0.25) is 5.02 Å². The fourth-order valence-corrected chi connectivity index (χ4v) is 2.53. The molecule has 2 rings (SSSR count). The summed E-state index contributed by atoms with van der Waals surface area (Å²) in [7, 11) is 0. The first-order valence-corrected chi connectivity index (χ1v) is 7.00. The highest BCUT2D eigenvalue weighted by molar-refractivity contribution is 6.30. The second kappa shape index (κ2) is 7.20. The number of benzene rings is 1. The van der Waals surface area contributed by atoms with Crippen molar-refractivity contribution in [2.24, 2.45) is 0 Å². The lowest BCUT2D eigenvalue weighted by molar-refractivity contribution is -0.0505. The Bertz CT molecular complexity index is 445. The molecule has 1 saturated heterocycles. The van der Waals surface area contributed by atoms with Crippen LogP contribution in [0.4, 0.5) is 8.78 Å². The standard InChI is InChI=1S/C14H18ClF2NO2/c1-9-6-12(4-5-19-9)18-8-10-7-11(15)2-3-13(10)20-14(16)17/h2-3,7,9,12,14,18H,4-6,8H2,1H3. The molecule has 1 aliphatic rings. The first-order valence-electron chi connectivity index (χ1n) is 6.63. The van der Waals surface area contributed by atoms with Crippen LogP contribution in [0.3, 0.4) is 0 Å². The number of hydrogen-bond acceptors (Lipinski definition) is 3. The van der Waals surface area contributed by atoms with Gasteiger partial charge in [-0.3, -0.25) is 0 Å². The van der Waals surface area contributed by atoms with Crippen LogP contribution in [0.15, 0.2) is 18.2 Å². The van der Waals surface area contributed by atoms with Crippen molar-refractivity contribution in [1.29, 1.82) is 0 Å². The van der Waals surface area contributed by atoms with E-state index in [1.807, 2.05) is 6.92 Å². The van der Waals surface area contributed by atoms with E-state index in [-0.39, 0.29) is 11.9 Å². The quantitative estimate of drug-likeness (QED) is 0.901. The summed E-state index contributed by atoms with van der Waals surface area (Å²) >= 11 is 5.91. The Labute approximate surface area is 122 Å². The molecule has 0 amide bonds. The molecule has 112 valence electrons. The van der Waals surface area contributed by atoms with Gasteiger partial charge in [-0.2, -0.15) is 8.78 Å². The van der Waals surface area contributed by atoms with Crippen LogP contribution < -0.4 is 10.1 Å². The lowest BCUT2D eigenvalue weighted by Gasteiger charge is -2.28. The lowest BCUT2D eigenvalue weighted by Crippen LogP contribution is -2.37. The average molecular weight is 306 g/mol. The van der Waals surface area contributed by atoms with Gasteiger partial charge in [0.2, 0.25) is 0 Å². The molecule has 1 fully saturated rings. The van der Waals surface area contributed by atoms with Gasteiger partial charge in [0.1, 0.15) is 5.75 Å². The summed E-state index contributed by atoms with van der Waals surface area (Å²) in [6.07, 6.45) is 2.04. The van der Waals surface area contributed by atoms with Crippen LogP contribution >= 0.6 is 11.6 Å². The van der Waals surface area contributed by atoms with Gasteiger partial charge in [-0.05, 0) is 38.0 Å². The summed E-state index contributed by atoms with van der Waals surface area (Å²) < 4.78 is 34.7. The van der Waals surface area contributed by atoms with Crippen molar-refractivity contribution in [2.45, 2.75) is 45.1 Å². The highest BCUT2D eigenvalue weighted by Crippen LogP contribution is 2.25. The van der Waals surface area contributed by atoms with E-state index in [9.17, 15) is 8.78 Å². The summed E-state index contributed by atoms with van der Waals surface area (Å²) in [6.45, 7) is 0.353. The maximum atomic E-state index is 12.4. The fourth-order valence-electron chi connectivity index (χ4n) is 2.33. The second-order valence-corrected chi connectivity index (χ2v) is 5.35. The molecule has 2 unspecified atom stereocenters. The number of halogens is 3. The molecule has 0 saturated carbocycles. The molecule has 0 bridgehead atoms. The van der Waals surface area contributed by atoms with Gasteiger partial charge in [-0.1, -0.05) is 11.6 Å². The SMILES string of the molecule is CC1CC(NCc2cc(Cl)ccc2OC(F)F)CCO1. The molecule has 6 heteroatoms. The number of alkyl halides is 2. The van der Waals surface area contributed by atoms with E-state index in [1.54, 1.807) is 12.1 Å². The summed E-state index contributed by atoms with van der Waals surface area (Å²) in [5.74, 6) is 0.164. The molecule has 1 aliphatic heterocycles. The zero-order valence-corrected chi connectivity index (χ0v) is 12.0. The average Bonchev–Trinajstić information content (AvgIpc) is 2.39. The van der Waals surface area contributed by atoms with Crippen LogP contribution in [0.25, 0.3) is 0 Å². The Balaban J connectivity index is 1.98. The molecular formula is C14H18ClF2NO2. The minimum Gasteiger partial charge on any atom is -0.434 e. The molecule has 1 N–H and O–H groups in total. The lowest BCUT2D eigenvalue weighted by atomic mass is 10.0. The molecule has 2 atom stereocenters. The Hall–Kier alpha value is -0.910. The third kappa shape index (κ3) is 4.58. The normalized spacial score (nSPS) is 23.1. The van der Waals surface area contributed by atoms with Gasteiger partial charge in [-0.15, -0.1) is 0 Å². The molecule has 0 aliphatic carbocycles. The molecule has 0 spiro atoms. The van der Waals surface area contributed by atoms with Crippen molar-refractivity contribution < 1.29 is 18.3 Å². The molecule has 1 aromatic carbocycles.